The third kappa shape index (κ3) is 4.46. The van der Waals surface area contributed by atoms with Crippen molar-refractivity contribution in [1.29, 1.82) is 0 Å². The summed E-state index contributed by atoms with van der Waals surface area (Å²) >= 11 is 1.51. The van der Waals surface area contributed by atoms with Crippen LogP contribution in [0.15, 0.2) is 60.2 Å². The van der Waals surface area contributed by atoms with Crippen LogP contribution in [0.4, 0.5) is 5.13 Å². The third-order valence-electron chi connectivity index (χ3n) is 5.25. The number of aromatic nitrogens is 2. The lowest BCUT2D eigenvalue weighted by atomic mass is 9.74. The Bertz CT molecular complexity index is 940. The molecule has 1 aromatic carbocycles. The highest BCUT2D eigenvalue weighted by Gasteiger charge is 2.49. The van der Waals surface area contributed by atoms with Crippen molar-refractivity contribution in [3.8, 4) is 0 Å². The number of nitrogens with one attached hydrogen (secondary N) is 1. The molecule has 1 amide bonds. The maximum absolute atomic E-state index is 13.2. The van der Waals surface area contributed by atoms with Gasteiger partial charge in [-0.2, -0.15) is 0 Å². The molecule has 150 valence electrons. The molecule has 0 atom stereocenters. The minimum Gasteiger partial charge on any atom is -0.390 e. The zero-order valence-electron chi connectivity index (χ0n) is 16.1. The Kier molecular flexibility index (Phi) is 5.87. The normalized spacial score (nSPS) is 15.0. The molecule has 1 fully saturated rings. The smallest absolute Gasteiger partial charge is 0.230 e. The highest BCUT2D eigenvalue weighted by molar-refractivity contribution is 7.13. The highest BCUT2D eigenvalue weighted by Crippen LogP contribution is 2.39. The van der Waals surface area contributed by atoms with E-state index in [0.717, 1.165) is 22.7 Å². The standard InChI is InChI=1S/C22H24N4O2S/c27-13-19-14-29-21(25-19)26-15-22(16-26,11-17-5-2-1-3-6-17)20(28)24-10-8-18-7-4-9-23-12-18/h1-7,9,12,14,27H,8,10-11,13,15-16H2,(H,24,28). The fourth-order valence-electron chi connectivity index (χ4n) is 3.71. The summed E-state index contributed by atoms with van der Waals surface area (Å²) in [6.45, 7) is 1.78. The number of rotatable bonds is 8. The summed E-state index contributed by atoms with van der Waals surface area (Å²) in [7, 11) is 0. The molecule has 3 aromatic rings. The van der Waals surface area contributed by atoms with Crippen molar-refractivity contribution in [1.82, 2.24) is 15.3 Å². The first-order chi connectivity index (χ1) is 14.2. The van der Waals surface area contributed by atoms with E-state index >= 15 is 0 Å². The predicted octanol–water partition coefficient (Wildman–Crippen LogP) is 2.44. The molecule has 0 saturated carbocycles. The number of amides is 1. The number of anilines is 1. The summed E-state index contributed by atoms with van der Waals surface area (Å²) in [6.07, 6.45) is 5.04. The average molecular weight is 409 g/mol. The quantitative estimate of drug-likeness (QED) is 0.599. The van der Waals surface area contributed by atoms with Gasteiger partial charge in [0.05, 0.1) is 17.7 Å². The number of thiazole rings is 1. The van der Waals surface area contributed by atoms with Crippen LogP contribution in [-0.2, 0) is 24.2 Å². The lowest BCUT2D eigenvalue weighted by molar-refractivity contribution is -0.132. The van der Waals surface area contributed by atoms with Crippen LogP contribution in [0.2, 0.25) is 0 Å². The Balaban J connectivity index is 1.43. The summed E-state index contributed by atoms with van der Waals surface area (Å²) in [5, 5.41) is 15.1. The fraction of sp³-hybridized carbons (Fsp3) is 0.318. The molecule has 0 radical (unpaired) electrons. The first kappa shape index (κ1) is 19.5. The van der Waals surface area contributed by atoms with Crippen LogP contribution in [0, 0.1) is 5.41 Å². The second-order valence-corrected chi connectivity index (χ2v) is 8.28. The summed E-state index contributed by atoms with van der Waals surface area (Å²) in [5.41, 5.74) is 2.47. The molecular formula is C22H24N4O2S. The number of pyridine rings is 1. The first-order valence-electron chi connectivity index (χ1n) is 9.70. The van der Waals surface area contributed by atoms with Crippen LogP contribution in [0.1, 0.15) is 16.8 Å². The second kappa shape index (κ2) is 8.71. The number of carbonyl (C=O) groups is 1. The zero-order valence-corrected chi connectivity index (χ0v) is 16.9. The molecule has 0 bridgehead atoms. The van der Waals surface area contributed by atoms with Crippen LogP contribution in [-0.4, -0.2) is 40.6 Å². The molecule has 0 spiro atoms. The molecular weight excluding hydrogens is 384 g/mol. The van der Waals surface area contributed by atoms with Gasteiger partial charge in [-0.15, -0.1) is 11.3 Å². The first-order valence-corrected chi connectivity index (χ1v) is 10.6. The Morgan fingerprint density at radius 3 is 2.66 bits per heavy atom. The van der Waals surface area contributed by atoms with E-state index in [-0.39, 0.29) is 12.5 Å². The van der Waals surface area contributed by atoms with E-state index in [1.807, 2.05) is 41.9 Å². The Morgan fingerprint density at radius 1 is 1.17 bits per heavy atom. The molecule has 4 rings (SSSR count). The van der Waals surface area contributed by atoms with E-state index < -0.39 is 5.41 Å². The maximum Gasteiger partial charge on any atom is 0.230 e. The summed E-state index contributed by atoms with van der Waals surface area (Å²) in [5.74, 6) is 0.0837. The van der Waals surface area contributed by atoms with Crippen molar-refractivity contribution in [2.24, 2.45) is 5.41 Å². The van der Waals surface area contributed by atoms with E-state index in [1.54, 1.807) is 6.20 Å². The van der Waals surface area contributed by atoms with Crippen LogP contribution in [0.3, 0.4) is 0 Å². The van der Waals surface area contributed by atoms with Gasteiger partial charge in [0.1, 0.15) is 0 Å². The fourth-order valence-corrected chi connectivity index (χ4v) is 4.53. The number of carbonyl (C=O) groups excluding carboxylic acids is 1. The number of benzene rings is 1. The lowest BCUT2D eigenvalue weighted by Crippen LogP contribution is -2.64. The number of nitrogens with zero attached hydrogens (tertiary/aromatic N) is 3. The molecule has 6 nitrogen and oxygen atoms in total. The largest absolute Gasteiger partial charge is 0.390 e. The minimum atomic E-state index is -0.471. The van der Waals surface area contributed by atoms with E-state index in [1.165, 1.54) is 11.3 Å². The molecule has 1 aliphatic heterocycles. The molecule has 0 unspecified atom stereocenters. The number of hydrogen-bond donors (Lipinski definition) is 2. The van der Waals surface area contributed by atoms with Gasteiger partial charge in [-0.25, -0.2) is 4.98 Å². The van der Waals surface area contributed by atoms with Gasteiger partial charge in [-0.05, 0) is 30.0 Å². The third-order valence-corrected chi connectivity index (χ3v) is 6.20. The molecule has 2 N–H and O–H groups in total. The van der Waals surface area contributed by atoms with Gasteiger partial charge < -0.3 is 15.3 Å². The SMILES string of the molecule is O=C(NCCc1cccnc1)C1(Cc2ccccc2)CN(c2nc(CO)cs2)C1. The van der Waals surface area contributed by atoms with E-state index in [2.05, 4.69) is 32.3 Å². The van der Waals surface area contributed by atoms with Gasteiger partial charge in [-0.3, -0.25) is 9.78 Å². The van der Waals surface area contributed by atoms with Crippen molar-refractivity contribution in [2.75, 3.05) is 24.5 Å². The van der Waals surface area contributed by atoms with Crippen LogP contribution < -0.4 is 10.2 Å². The van der Waals surface area contributed by atoms with Crippen LogP contribution in [0.5, 0.6) is 0 Å². The summed E-state index contributed by atoms with van der Waals surface area (Å²) in [6, 6.07) is 14.1. The molecule has 1 saturated heterocycles. The van der Waals surface area contributed by atoms with E-state index in [4.69, 9.17) is 0 Å². The van der Waals surface area contributed by atoms with Crippen molar-refractivity contribution < 1.29 is 9.90 Å². The van der Waals surface area contributed by atoms with Gasteiger partial charge in [-0.1, -0.05) is 36.4 Å². The molecule has 2 aromatic heterocycles. The Labute approximate surface area is 174 Å². The Morgan fingerprint density at radius 2 is 1.97 bits per heavy atom. The van der Waals surface area contributed by atoms with Crippen LogP contribution in [0.25, 0.3) is 0 Å². The maximum atomic E-state index is 13.2. The van der Waals surface area contributed by atoms with Gasteiger partial charge in [0, 0.05) is 37.4 Å². The van der Waals surface area contributed by atoms with E-state index in [0.29, 0.717) is 31.7 Å². The monoisotopic (exact) mass is 408 g/mol. The van der Waals surface area contributed by atoms with Gasteiger partial charge in [0.25, 0.3) is 0 Å². The second-order valence-electron chi connectivity index (χ2n) is 7.45. The molecule has 0 aliphatic carbocycles. The number of aliphatic hydroxyl groups is 1. The highest BCUT2D eigenvalue weighted by atomic mass is 32.1. The number of aliphatic hydroxyl groups excluding tert-OH is 1. The summed E-state index contributed by atoms with van der Waals surface area (Å²) in [4.78, 5) is 23.9. The molecule has 1 aliphatic rings. The zero-order chi connectivity index (χ0) is 20.1. The van der Waals surface area contributed by atoms with Crippen molar-refractivity contribution >= 4 is 22.4 Å². The minimum absolute atomic E-state index is 0.0612. The van der Waals surface area contributed by atoms with Gasteiger partial charge in [0.2, 0.25) is 5.91 Å². The molecule has 3 heterocycles. The number of hydrogen-bond acceptors (Lipinski definition) is 6. The van der Waals surface area contributed by atoms with E-state index in [9.17, 15) is 9.90 Å². The van der Waals surface area contributed by atoms with Gasteiger partial charge >= 0.3 is 0 Å². The molecule has 29 heavy (non-hydrogen) atoms. The van der Waals surface area contributed by atoms with Crippen molar-refractivity contribution in [3.63, 3.8) is 0 Å². The molecule has 7 heteroatoms. The van der Waals surface area contributed by atoms with Crippen molar-refractivity contribution in [3.05, 3.63) is 77.1 Å². The topological polar surface area (TPSA) is 78.4 Å². The van der Waals surface area contributed by atoms with Crippen LogP contribution >= 0.6 is 11.3 Å². The van der Waals surface area contributed by atoms with Gasteiger partial charge in [0.15, 0.2) is 5.13 Å². The average Bonchev–Trinajstić information content (AvgIpc) is 3.20. The lowest BCUT2D eigenvalue weighted by Gasteiger charge is -2.49. The predicted molar refractivity (Wildman–Crippen MR) is 114 cm³/mol. The Hall–Kier alpha value is -2.77. The summed E-state index contributed by atoms with van der Waals surface area (Å²) < 4.78 is 0. The van der Waals surface area contributed by atoms with Crippen molar-refractivity contribution in [2.45, 2.75) is 19.4 Å².